The predicted octanol–water partition coefficient (Wildman–Crippen LogP) is 4.30. The molecular weight excluding hydrogens is 295 g/mol. The van der Waals surface area contributed by atoms with Crippen LogP contribution in [0.1, 0.15) is 17.0 Å². The first-order chi connectivity index (χ1) is 7.36. The lowest BCUT2D eigenvalue weighted by atomic mass is 9.77. The molecule has 1 heteroatoms. The Morgan fingerprint density at radius 3 is 2.53 bits per heavy atom. The van der Waals surface area contributed by atoms with Gasteiger partial charge in [0.2, 0.25) is 0 Å². The average Bonchev–Trinajstić information content (AvgIpc) is 2.30. The zero-order chi connectivity index (χ0) is 10.3. The molecule has 0 nitrogen and oxygen atoms in total. The van der Waals surface area contributed by atoms with E-state index in [0.717, 1.165) is 0 Å². The van der Waals surface area contributed by atoms with E-state index in [4.69, 9.17) is 0 Å². The summed E-state index contributed by atoms with van der Waals surface area (Å²) in [5, 5.41) is 0. The first-order valence-corrected chi connectivity index (χ1v) is 6.25. The Labute approximate surface area is 104 Å². The van der Waals surface area contributed by atoms with Gasteiger partial charge < -0.3 is 0 Å². The van der Waals surface area contributed by atoms with E-state index in [0.29, 0.717) is 11.8 Å². The van der Waals surface area contributed by atoms with Crippen molar-refractivity contribution in [2.24, 2.45) is 5.92 Å². The molecule has 0 spiro atoms. The molecule has 0 saturated carbocycles. The lowest BCUT2D eigenvalue weighted by Crippen LogP contribution is -2.15. The Morgan fingerprint density at radius 1 is 0.933 bits per heavy atom. The molecule has 0 heterocycles. The molecule has 74 valence electrons. The highest BCUT2D eigenvalue weighted by Gasteiger charge is 2.27. The molecule has 0 saturated heterocycles. The minimum absolute atomic E-state index is 0.545. The van der Waals surface area contributed by atoms with Crippen LogP contribution in [0, 0.1) is 5.92 Å². The summed E-state index contributed by atoms with van der Waals surface area (Å²) in [5.74, 6) is 1.11. The maximum Gasteiger partial charge on any atom is 0.0183 e. The Balaban J connectivity index is 2.20. The normalized spacial score (nSPS) is 26.9. The molecule has 0 radical (unpaired) electrons. The number of allylic oxidation sites excluding steroid dienone is 5. The third-order valence-corrected chi connectivity index (χ3v) is 4.13. The second kappa shape index (κ2) is 3.63. The zero-order valence-electron chi connectivity index (χ0n) is 8.23. The fourth-order valence-electron chi connectivity index (χ4n) is 2.36. The van der Waals surface area contributed by atoms with E-state index in [1.807, 2.05) is 0 Å². The lowest BCUT2D eigenvalue weighted by Gasteiger charge is -2.29. The maximum absolute atomic E-state index is 2.46. The van der Waals surface area contributed by atoms with E-state index in [1.54, 1.807) is 0 Å². The van der Waals surface area contributed by atoms with E-state index >= 15 is 0 Å². The third-order valence-electron chi connectivity index (χ3n) is 3.10. The summed E-state index contributed by atoms with van der Waals surface area (Å²) < 4.78 is 1.44. The molecule has 1 aromatic carbocycles. The molecule has 15 heavy (non-hydrogen) atoms. The highest BCUT2D eigenvalue weighted by atomic mass is 127. The highest BCUT2D eigenvalue weighted by molar-refractivity contribution is 14.1. The van der Waals surface area contributed by atoms with Crippen molar-refractivity contribution in [2.75, 3.05) is 0 Å². The van der Waals surface area contributed by atoms with E-state index < -0.39 is 0 Å². The quantitative estimate of drug-likeness (QED) is 0.627. The van der Waals surface area contributed by atoms with Crippen LogP contribution >= 0.6 is 22.6 Å². The van der Waals surface area contributed by atoms with Crippen molar-refractivity contribution >= 4 is 28.7 Å². The smallest absolute Gasteiger partial charge is 0.0183 e. The Hall–Kier alpha value is -0.830. The molecule has 0 amide bonds. The first kappa shape index (κ1) is 9.40. The van der Waals surface area contributed by atoms with Gasteiger partial charge in [0.15, 0.2) is 0 Å². The number of fused-ring (bicyclic) bond motifs is 3. The minimum Gasteiger partial charge on any atom is -0.0761 e. The maximum atomic E-state index is 2.46. The molecule has 0 aromatic heterocycles. The molecule has 2 atom stereocenters. The van der Waals surface area contributed by atoms with Crippen molar-refractivity contribution in [2.45, 2.75) is 5.92 Å². The first-order valence-electron chi connectivity index (χ1n) is 5.17. The van der Waals surface area contributed by atoms with Gasteiger partial charge in [0.05, 0.1) is 0 Å². The van der Waals surface area contributed by atoms with Crippen LogP contribution in [0.4, 0.5) is 0 Å². The van der Waals surface area contributed by atoms with Gasteiger partial charge in [0.25, 0.3) is 0 Å². The van der Waals surface area contributed by atoms with Crippen LogP contribution in [-0.2, 0) is 0 Å². The van der Waals surface area contributed by atoms with E-state index in [-0.39, 0.29) is 0 Å². The lowest BCUT2D eigenvalue weighted by molar-refractivity contribution is 0.688. The largest absolute Gasteiger partial charge is 0.0761 e. The summed E-state index contributed by atoms with van der Waals surface area (Å²) in [7, 11) is 0. The summed E-state index contributed by atoms with van der Waals surface area (Å²) in [6, 6.07) is 8.70. The van der Waals surface area contributed by atoms with Gasteiger partial charge in [-0.25, -0.2) is 0 Å². The molecule has 2 unspecified atom stereocenters. The topological polar surface area (TPSA) is 0 Å². The van der Waals surface area contributed by atoms with E-state index in [1.165, 1.54) is 14.7 Å². The van der Waals surface area contributed by atoms with Gasteiger partial charge in [-0.2, -0.15) is 0 Å². The third kappa shape index (κ3) is 1.49. The van der Waals surface area contributed by atoms with Crippen molar-refractivity contribution in [1.29, 1.82) is 0 Å². The van der Waals surface area contributed by atoms with Crippen LogP contribution in [0.25, 0.3) is 6.08 Å². The summed E-state index contributed by atoms with van der Waals surface area (Å²) in [5.41, 5.74) is 2.84. The molecular formula is C14H11I. The molecule has 3 rings (SSSR count). The monoisotopic (exact) mass is 306 g/mol. The van der Waals surface area contributed by atoms with Crippen LogP contribution in [0.3, 0.4) is 0 Å². The molecule has 2 aliphatic carbocycles. The van der Waals surface area contributed by atoms with Crippen LogP contribution in [0.5, 0.6) is 0 Å². The van der Waals surface area contributed by atoms with Crippen molar-refractivity contribution in [3.8, 4) is 0 Å². The summed E-state index contributed by atoms with van der Waals surface area (Å²) in [6.07, 6.45) is 11.2. The second-order valence-electron chi connectivity index (χ2n) is 3.98. The minimum atomic E-state index is 0.545. The van der Waals surface area contributed by atoms with Crippen molar-refractivity contribution in [3.05, 3.63) is 63.3 Å². The fourth-order valence-corrected chi connectivity index (χ4v) is 3.29. The summed E-state index contributed by atoms with van der Waals surface area (Å²) in [4.78, 5) is 0. The number of benzene rings is 1. The number of hydrogen-bond acceptors (Lipinski definition) is 0. The highest BCUT2D eigenvalue weighted by Crippen LogP contribution is 2.43. The Kier molecular flexibility index (Phi) is 2.28. The van der Waals surface area contributed by atoms with Gasteiger partial charge in [-0.3, -0.25) is 0 Å². The van der Waals surface area contributed by atoms with Gasteiger partial charge in [-0.05, 0) is 43.4 Å². The van der Waals surface area contributed by atoms with E-state index in [2.05, 4.69) is 77.2 Å². The van der Waals surface area contributed by atoms with Crippen LogP contribution < -0.4 is 0 Å². The van der Waals surface area contributed by atoms with Gasteiger partial charge in [-0.1, -0.05) is 48.6 Å². The predicted molar refractivity (Wildman–Crippen MR) is 73.0 cm³/mol. The number of halogens is 1. The molecule has 0 fully saturated rings. The van der Waals surface area contributed by atoms with Crippen molar-refractivity contribution in [3.63, 3.8) is 0 Å². The zero-order valence-corrected chi connectivity index (χ0v) is 10.4. The molecule has 0 N–H and O–H groups in total. The van der Waals surface area contributed by atoms with Gasteiger partial charge >= 0.3 is 0 Å². The van der Waals surface area contributed by atoms with E-state index in [9.17, 15) is 0 Å². The standard InChI is InChI=1S/C14H11I/c15-14-9-10-5-1-2-6-11(10)12-7-3-4-8-13(12)14/h1-9,12-13H. The fraction of sp³-hybridized carbons (Fsp3) is 0.143. The van der Waals surface area contributed by atoms with Crippen LogP contribution in [0.15, 0.2) is 52.1 Å². The van der Waals surface area contributed by atoms with Gasteiger partial charge in [0.1, 0.15) is 0 Å². The summed E-state index contributed by atoms with van der Waals surface area (Å²) in [6.45, 7) is 0. The van der Waals surface area contributed by atoms with Crippen LogP contribution in [-0.4, -0.2) is 0 Å². The molecule has 1 aromatic rings. The van der Waals surface area contributed by atoms with Gasteiger partial charge in [-0.15, -0.1) is 0 Å². The Bertz CT molecular complexity index is 480. The average molecular weight is 306 g/mol. The molecule has 2 aliphatic rings. The molecule has 0 aliphatic heterocycles. The Morgan fingerprint density at radius 2 is 1.67 bits per heavy atom. The van der Waals surface area contributed by atoms with Crippen molar-refractivity contribution < 1.29 is 0 Å². The van der Waals surface area contributed by atoms with Gasteiger partial charge in [0, 0.05) is 11.8 Å². The second-order valence-corrected chi connectivity index (χ2v) is 5.23. The summed E-state index contributed by atoms with van der Waals surface area (Å²) >= 11 is 2.46. The SMILES string of the molecule is IC1=Cc2ccccc2C2C=CC=CC12. The number of hydrogen-bond donors (Lipinski definition) is 0. The molecule has 0 bridgehead atoms. The number of rotatable bonds is 0. The van der Waals surface area contributed by atoms with Crippen LogP contribution in [0.2, 0.25) is 0 Å². The van der Waals surface area contributed by atoms with Crippen molar-refractivity contribution in [1.82, 2.24) is 0 Å².